The van der Waals surface area contributed by atoms with Crippen molar-refractivity contribution in [2.24, 2.45) is 0 Å². The summed E-state index contributed by atoms with van der Waals surface area (Å²) < 4.78 is 2.54. The van der Waals surface area contributed by atoms with Crippen molar-refractivity contribution in [3.8, 4) is 0 Å². The number of nitrogens with one attached hydrogen (secondary N) is 2. The second-order valence-corrected chi connectivity index (χ2v) is 6.21. The number of nitrogens with zero attached hydrogens (tertiary/aromatic N) is 5. The summed E-state index contributed by atoms with van der Waals surface area (Å²) >= 11 is 3.42. The Labute approximate surface area is 150 Å². The number of rotatable bonds is 4. The van der Waals surface area contributed by atoms with Gasteiger partial charge < -0.3 is 5.32 Å². The largest absolute Gasteiger partial charge is 0.322 e. The highest BCUT2D eigenvalue weighted by atomic mass is 79.9. The molecule has 9 heteroatoms. The first kappa shape index (κ1) is 15.5. The Bertz CT molecular complexity index is 1040. The summed E-state index contributed by atoms with van der Waals surface area (Å²) in [5.41, 5.74) is 3.02. The quantitative estimate of drug-likeness (QED) is 0.550. The van der Waals surface area contributed by atoms with Crippen LogP contribution in [0.4, 0.5) is 5.69 Å². The summed E-state index contributed by atoms with van der Waals surface area (Å²) in [6.45, 7) is 0. The predicted octanol–water partition coefficient (Wildman–Crippen LogP) is 2.45. The van der Waals surface area contributed by atoms with E-state index in [1.165, 1.54) is 0 Å². The second kappa shape index (κ2) is 6.44. The minimum absolute atomic E-state index is 0.214. The standard InChI is InChI=1S/C16H12BrN7O/c17-12-8-18-24-9-11(5-6-14(12)24)16(25)19-13-4-2-1-3-10(13)7-15-20-22-23-21-15/h1-6,8-9H,7H2,(H,19,25)(H,20,21,22,23). The van der Waals surface area contributed by atoms with Crippen LogP contribution in [0, 0.1) is 0 Å². The van der Waals surface area contributed by atoms with Gasteiger partial charge >= 0.3 is 0 Å². The van der Waals surface area contributed by atoms with Gasteiger partial charge in [0.15, 0.2) is 5.82 Å². The van der Waals surface area contributed by atoms with E-state index in [1.807, 2.05) is 30.3 Å². The first-order valence-corrected chi connectivity index (χ1v) is 8.24. The number of benzene rings is 1. The maximum Gasteiger partial charge on any atom is 0.257 e. The fourth-order valence-corrected chi connectivity index (χ4v) is 2.91. The lowest BCUT2D eigenvalue weighted by atomic mass is 10.1. The molecular formula is C16H12BrN7O. The summed E-state index contributed by atoms with van der Waals surface area (Å²) in [5, 5.41) is 21.0. The number of para-hydroxylation sites is 1. The normalized spacial score (nSPS) is 10.9. The Morgan fingerprint density at radius 1 is 1.24 bits per heavy atom. The fourth-order valence-electron chi connectivity index (χ4n) is 2.51. The van der Waals surface area contributed by atoms with Gasteiger partial charge in [0.25, 0.3) is 5.91 Å². The number of hydrogen-bond donors (Lipinski definition) is 2. The summed E-state index contributed by atoms with van der Waals surface area (Å²) in [4.78, 5) is 12.6. The molecule has 0 radical (unpaired) electrons. The van der Waals surface area contributed by atoms with Crippen molar-refractivity contribution in [2.75, 3.05) is 5.32 Å². The van der Waals surface area contributed by atoms with Crippen LogP contribution in [0.15, 0.2) is 53.3 Å². The third-order valence-corrected chi connectivity index (χ3v) is 4.35. The van der Waals surface area contributed by atoms with E-state index in [1.54, 1.807) is 23.0 Å². The summed E-state index contributed by atoms with van der Waals surface area (Å²) in [7, 11) is 0. The molecule has 0 fully saturated rings. The summed E-state index contributed by atoms with van der Waals surface area (Å²) in [5.74, 6) is 0.346. The number of aromatic nitrogens is 6. The first-order chi connectivity index (χ1) is 12.2. The Morgan fingerprint density at radius 2 is 2.12 bits per heavy atom. The van der Waals surface area contributed by atoms with Gasteiger partial charge in [-0.2, -0.15) is 10.3 Å². The van der Waals surface area contributed by atoms with Gasteiger partial charge in [0, 0.05) is 18.3 Å². The Hall–Kier alpha value is -3.07. The van der Waals surface area contributed by atoms with Gasteiger partial charge in [0.2, 0.25) is 0 Å². The van der Waals surface area contributed by atoms with E-state index in [2.05, 4.69) is 47.0 Å². The highest BCUT2D eigenvalue weighted by Crippen LogP contribution is 2.20. The van der Waals surface area contributed by atoms with Crippen molar-refractivity contribution in [1.29, 1.82) is 0 Å². The second-order valence-electron chi connectivity index (χ2n) is 5.36. The molecule has 1 aromatic carbocycles. The number of pyridine rings is 1. The lowest BCUT2D eigenvalue weighted by molar-refractivity contribution is 0.102. The zero-order valence-corrected chi connectivity index (χ0v) is 14.4. The molecule has 0 saturated carbocycles. The molecule has 8 nitrogen and oxygen atoms in total. The number of halogens is 1. The molecule has 124 valence electrons. The molecule has 3 heterocycles. The van der Waals surface area contributed by atoms with Crippen molar-refractivity contribution in [2.45, 2.75) is 6.42 Å². The molecule has 25 heavy (non-hydrogen) atoms. The van der Waals surface area contributed by atoms with Crippen molar-refractivity contribution >= 4 is 33.0 Å². The minimum Gasteiger partial charge on any atom is -0.322 e. The van der Waals surface area contributed by atoms with Crippen LogP contribution in [0.5, 0.6) is 0 Å². The van der Waals surface area contributed by atoms with Crippen molar-refractivity contribution in [3.63, 3.8) is 0 Å². The molecule has 1 amide bonds. The van der Waals surface area contributed by atoms with Gasteiger partial charge in [-0.3, -0.25) is 4.79 Å². The summed E-state index contributed by atoms with van der Waals surface area (Å²) in [6.07, 6.45) is 3.85. The smallest absolute Gasteiger partial charge is 0.257 e. The van der Waals surface area contributed by atoms with Gasteiger partial charge in [-0.15, -0.1) is 10.2 Å². The van der Waals surface area contributed by atoms with Crippen molar-refractivity contribution in [1.82, 2.24) is 30.2 Å². The van der Waals surface area contributed by atoms with Crippen LogP contribution in [-0.4, -0.2) is 36.1 Å². The fraction of sp³-hybridized carbons (Fsp3) is 0.0625. The van der Waals surface area contributed by atoms with Crippen LogP contribution in [0.1, 0.15) is 21.7 Å². The van der Waals surface area contributed by atoms with Crippen LogP contribution >= 0.6 is 15.9 Å². The van der Waals surface area contributed by atoms with Crippen LogP contribution in [-0.2, 0) is 6.42 Å². The van der Waals surface area contributed by atoms with E-state index < -0.39 is 0 Å². The van der Waals surface area contributed by atoms with Gasteiger partial charge in [-0.05, 0) is 39.7 Å². The number of anilines is 1. The van der Waals surface area contributed by atoms with E-state index in [9.17, 15) is 4.79 Å². The third-order valence-electron chi connectivity index (χ3n) is 3.73. The number of carbonyl (C=O) groups excluding carboxylic acids is 1. The maximum absolute atomic E-state index is 12.6. The van der Waals surface area contributed by atoms with E-state index >= 15 is 0 Å². The molecule has 2 N–H and O–H groups in total. The molecule has 4 aromatic rings. The molecule has 4 rings (SSSR count). The third kappa shape index (κ3) is 3.13. The molecule has 0 spiro atoms. The topological polar surface area (TPSA) is 101 Å². The zero-order valence-electron chi connectivity index (χ0n) is 12.8. The van der Waals surface area contributed by atoms with E-state index in [0.717, 1.165) is 15.6 Å². The predicted molar refractivity (Wildman–Crippen MR) is 94.3 cm³/mol. The first-order valence-electron chi connectivity index (χ1n) is 7.45. The number of tetrazole rings is 1. The molecule has 0 atom stereocenters. The average molecular weight is 398 g/mol. The lowest BCUT2D eigenvalue weighted by Crippen LogP contribution is -2.14. The monoisotopic (exact) mass is 397 g/mol. The molecule has 0 aliphatic carbocycles. The highest BCUT2D eigenvalue weighted by Gasteiger charge is 2.12. The van der Waals surface area contributed by atoms with Crippen molar-refractivity contribution < 1.29 is 4.79 Å². The number of fused-ring (bicyclic) bond motifs is 1. The van der Waals surface area contributed by atoms with Crippen LogP contribution in [0.25, 0.3) is 5.52 Å². The molecule has 0 aliphatic rings. The SMILES string of the molecule is O=C(Nc1ccccc1Cc1nn[nH]n1)c1ccc2c(Br)cnn2c1. The van der Waals surface area contributed by atoms with Crippen molar-refractivity contribution in [3.05, 3.63) is 70.2 Å². The number of H-pyrrole nitrogens is 1. The number of carbonyl (C=O) groups is 1. The van der Waals surface area contributed by atoms with E-state index in [0.29, 0.717) is 23.5 Å². The molecular weight excluding hydrogens is 386 g/mol. The van der Waals surface area contributed by atoms with Crippen LogP contribution < -0.4 is 5.32 Å². The molecule has 0 unspecified atom stereocenters. The van der Waals surface area contributed by atoms with Crippen LogP contribution in [0.3, 0.4) is 0 Å². The molecule has 0 saturated heterocycles. The Balaban J connectivity index is 1.59. The number of amides is 1. The van der Waals surface area contributed by atoms with Gasteiger partial charge in [-0.1, -0.05) is 23.4 Å². The molecule has 3 aromatic heterocycles. The van der Waals surface area contributed by atoms with E-state index in [4.69, 9.17) is 0 Å². The van der Waals surface area contributed by atoms with Gasteiger partial charge in [0.1, 0.15) is 0 Å². The maximum atomic E-state index is 12.6. The average Bonchev–Trinajstić information content (AvgIpc) is 3.26. The number of hydrogen-bond acceptors (Lipinski definition) is 5. The van der Waals surface area contributed by atoms with E-state index in [-0.39, 0.29) is 5.91 Å². The van der Waals surface area contributed by atoms with Gasteiger partial charge in [0.05, 0.1) is 21.7 Å². The minimum atomic E-state index is -0.214. The Kier molecular flexibility index (Phi) is 3.98. The highest BCUT2D eigenvalue weighted by molar-refractivity contribution is 9.10. The lowest BCUT2D eigenvalue weighted by Gasteiger charge is -2.10. The Morgan fingerprint density at radius 3 is 2.96 bits per heavy atom. The van der Waals surface area contributed by atoms with Gasteiger partial charge in [-0.25, -0.2) is 4.52 Å². The zero-order chi connectivity index (χ0) is 17.2. The van der Waals surface area contributed by atoms with Crippen LogP contribution in [0.2, 0.25) is 0 Å². The number of aromatic amines is 1. The molecule has 0 aliphatic heterocycles. The summed E-state index contributed by atoms with van der Waals surface area (Å²) in [6, 6.07) is 11.1. The molecule has 0 bridgehead atoms.